The van der Waals surface area contributed by atoms with E-state index in [1.165, 1.54) is 4.90 Å². The van der Waals surface area contributed by atoms with E-state index in [-0.39, 0.29) is 32.1 Å². The minimum Gasteiger partial charge on any atom is -0.384 e. The van der Waals surface area contributed by atoms with Gasteiger partial charge in [0.15, 0.2) is 0 Å². The summed E-state index contributed by atoms with van der Waals surface area (Å²) >= 11 is 0. The molecule has 1 saturated heterocycles. The minimum atomic E-state index is -4.23. The predicted octanol–water partition coefficient (Wildman–Crippen LogP) is 5.23. The fourth-order valence-electron chi connectivity index (χ4n) is 4.84. The first kappa shape index (κ1) is 25.5. The number of anilines is 1. The van der Waals surface area contributed by atoms with Gasteiger partial charge in [-0.25, -0.2) is 0 Å². The van der Waals surface area contributed by atoms with Crippen molar-refractivity contribution in [1.29, 1.82) is 5.26 Å². The monoisotopic (exact) mass is 517 g/mol. The quantitative estimate of drug-likeness (QED) is 0.379. The molecule has 6 nitrogen and oxygen atoms in total. The molecule has 194 valence electrons. The van der Waals surface area contributed by atoms with Crippen molar-refractivity contribution in [3.05, 3.63) is 83.6 Å². The summed E-state index contributed by atoms with van der Waals surface area (Å²) in [5, 5.41) is 15.5. The molecule has 4 aromatic rings. The lowest BCUT2D eigenvalue weighted by molar-refractivity contribution is -0.148. The molecule has 2 heterocycles. The topological polar surface area (TPSA) is 72.3 Å². The van der Waals surface area contributed by atoms with Gasteiger partial charge in [-0.2, -0.15) is 18.4 Å². The van der Waals surface area contributed by atoms with Gasteiger partial charge in [0.05, 0.1) is 23.7 Å². The Morgan fingerprint density at radius 2 is 1.74 bits per heavy atom. The Labute approximate surface area is 218 Å². The highest BCUT2D eigenvalue weighted by Gasteiger charge is 2.33. The number of carbonyl (C=O) groups excluding carboxylic acids is 1. The number of carbonyl (C=O) groups is 1. The van der Waals surface area contributed by atoms with Crippen LogP contribution < -0.4 is 5.32 Å². The molecule has 0 spiro atoms. The Bertz CT molecular complexity index is 1520. The molecule has 9 heteroatoms. The average molecular weight is 518 g/mol. The molecular formula is C29H26F3N5O. The SMILES string of the molecule is N#Cc1ccc2nccc(NCCc3ccc4cc(C(=O)N5CCN(CC(F)(F)F)CC5)ccc4c3)c2c1. The summed E-state index contributed by atoms with van der Waals surface area (Å²) in [6.45, 7) is 0.741. The molecular weight excluding hydrogens is 491 g/mol. The van der Waals surface area contributed by atoms with E-state index in [1.54, 1.807) is 23.2 Å². The van der Waals surface area contributed by atoms with Crippen molar-refractivity contribution < 1.29 is 18.0 Å². The summed E-state index contributed by atoms with van der Waals surface area (Å²) in [5.41, 5.74) is 4.02. The van der Waals surface area contributed by atoms with Crippen LogP contribution in [-0.2, 0) is 6.42 Å². The van der Waals surface area contributed by atoms with E-state index in [9.17, 15) is 23.2 Å². The third-order valence-electron chi connectivity index (χ3n) is 6.81. The summed E-state index contributed by atoms with van der Waals surface area (Å²) in [5.74, 6) is -0.157. The summed E-state index contributed by atoms with van der Waals surface area (Å²) < 4.78 is 37.9. The average Bonchev–Trinajstić information content (AvgIpc) is 2.91. The number of hydrogen-bond acceptors (Lipinski definition) is 5. The number of amides is 1. The van der Waals surface area contributed by atoms with Crippen molar-refractivity contribution in [2.75, 3.05) is 44.6 Å². The van der Waals surface area contributed by atoms with E-state index in [1.807, 2.05) is 42.5 Å². The Balaban J connectivity index is 1.21. The largest absolute Gasteiger partial charge is 0.401 e. The second kappa shape index (κ2) is 10.7. The third-order valence-corrected chi connectivity index (χ3v) is 6.81. The molecule has 1 aliphatic heterocycles. The van der Waals surface area contributed by atoms with Crippen molar-refractivity contribution in [1.82, 2.24) is 14.8 Å². The molecule has 0 radical (unpaired) electrons. The van der Waals surface area contributed by atoms with Crippen molar-refractivity contribution >= 4 is 33.3 Å². The standard InChI is InChI=1S/C29H26F3N5O/c30-29(31,32)19-36-11-13-37(14-12-36)28(38)24-5-4-22-15-20(1-3-23(22)17-24)7-9-34-27-8-10-35-26-6-2-21(18-33)16-25(26)27/h1-6,8,10,15-17H,7,9,11-14,19H2,(H,34,35). The summed E-state index contributed by atoms with van der Waals surface area (Å²) in [7, 11) is 0. The van der Waals surface area contributed by atoms with Crippen molar-refractivity contribution in [3.8, 4) is 6.07 Å². The number of alkyl halides is 3. The highest BCUT2D eigenvalue weighted by Crippen LogP contribution is 2.24. The van der Waals surface area contributed by atoms with Crippen LogP contribution in [0.5, 0.6) is 0 Å². The number of pyridine rings is 1. The highest BCUT2D eigenvalue weighted by molar-refractivity contribution is 5.98. The van der Waals surface area contributed by atoms with Crippen LogP contribution in [0.1, 0.15) is 21.5 Å². The minimum absolute atomic E-state index is 0.157. The van der Waals surface area contributed by atoms with E-state index in [0.717, 1.165) is 39.3 Å². The molecule has 0 bridgehead atoms. The summed E-state index contributed by atoms with van der Waals surface area (Å²) in [4.78, 5) is 20.3. The molecule has 1 fully saturated rings. The Morgan fingerprint density at radius 1 is 0.974 bits per heavy atom. The smallest absolute Gasteiger partial charge is 0.384 e. The number of nitriles is 1. The number of benzene rings is 3. The molecule has 1 N–H and O–H groups in total. The zero-order valence-corrected chi connectivity index (χ0v) is 20.6. The number of hydrogen-bond donors (Lipinski definition) is 1. The first-order chi connectivity index (χ1) is 18.3. The fraction of sp³-hybridized carbons (Fsp3) is 0.276. The number of halogens is 3. The van der Waals surface area contributed by atoms with Gasteiger partial charge in [0.2, 0.25) is 0 Å². The zero-order valence-electron chi connectivity index (χ0n) is 20.6. The van der Waals surface area contributed by atoms with Crippen molar-refractivity contribution in [2.45, 2.75) is 12.6 Å². The lowest BCUT2D eigenvalue weighted by atomic mass is 10.0. The molecule has 1 amide bonds. The Morgan fingerprint density at radius 3 is 2.50 bits per heavy atom. The number of piperazine rings is 1. The van der Waals surface area contributed by atoms with Gasteiger partial charge in [-0.05, 0) is 59.2 Å². The number of rotatable bonds is 6. The first-order valence-electron chi connectivity index (χ1n) is 12.4. The number of fused-ring (bicyclic) bond motifs is 2. The van der Waals surface area contributed by atoms with Gasteiger partial charge in [-0.3, -0.25) is 14.7 Å². The molecule has 1 aliphatic rings. The Kier molecular flexibility index (Phi) is 7.16. The van der Waals surface area contributed by atoms with Crippen molar-refractivity contribution in [2.24, 2.45) is 0 Å². The molecule has 0 aliphatic carbocycles. The predicted molar refractivity (Wildman–Crippen MR) is 141 cm³/mol. The van der Waals surface area contributed by atoms with Gasteiger partial charge in [-0.1, -0.05) is 24.3 Å². The Hall–Kier alpha value is -4.16. The van der Waals surface area contributed by atoms with Crippen LogP contribution in [0.2, 0.25) is 0 Å². The van der Waals surface area contributed by atoms with Crippen molar-refractivity contribution in [3.63, 3.8) is 0 Å². The second-order valence-corrected chi connectivity index (χ2v) is 9.46. The second-order valence-electron chi connectivity index (χ2n) is 9.46. The number of aromatic nitrogens is 1. The first-order valence-corrected chi connectivity index (χ1v) is 12.4. The van der Waals surface area contributed by atoms with Gasteiger partial charge < -0.3 is 10.2 Å². The number of nitrogens with one attached hydrogen (secondary N) is 1. The van der Waals surface area contributed by atoms with Gasteiger partial charge in [0, 0.05) is 55.6 Å². The molecule has 3 aromatic carbocycles. The lowest BCUT2D eigenvalue weighted by Gasteiger charge is -2.35. The molecule has 0 atom stereocenters. The molecule has 0 unspecified atom stereocenters. The maximum atomic E-state index is 13.0. The van der Waals surface area contributed by atoms with Gasteiger partial charge in [0.25, 0.3) is 5.91 Å². The van der Waals surface area contributed by atoms with Crippen LogP contribution in [0.15, 0.2) is 66.9 Å². The van der Waals surface area contributed by atoms with Crippen LogP contribution >= 0.6 is 0 Å². The van der Waals surface area contributed by atoms with Crippen LogP contribution in [0.3, 0.4) is 0 Å². The zero-order chi connectivity index (χ0) is 26.7. The van der Waals surface area contributed by atoms with E-state index in [2.05, 4.69) is 22.4 Å². The van der Waals surface area contributed by atoms with Crippen LogP contribution in [0, 0.1) is 11.3 Å². The van der Waals surface area contributed by atoms with E-state index in [4.69, 9.17) is 0 Å². The molecule has 38 heavy (non-hydrogen) atoms. The van der Waals surface area contributed by atoms with E-state index < -0.39 is 12.7 Å². The van der Waals surface area contributed by atoms with Crippen LogP contribution in [0.25, 0.3) is 21.7 Å². The highest BCUT2D eigenvalue weighted by atomic mass is 19.4. The summed E-state index contributed by atoms with van der Waals surface area (Å²) in [6, 6.07) is 21.2. The number of nitrogens with zero attached hydrogens (tertiary/aromatic N) is 4. The normalized spacial score (nSPS) is 14.5. The molecule has 1 aromatic heterocycles. The van der Waals surface area contributed by atoms with E-state index >= 15 is 0 Å². The van der Waals surface area contributed by atoms with Crippen LogP contribution in [-0.4, -0.2) is 66.1 Å². The molecule has 5 rings (SSSR count). The third kappa shape index (κ3) is 5.87. The van der Waals surface area contributed by atoms with E-state index in [0.29, 0.717) is 17.7 Å². The molecule has 0 saturated carbocycles. The maximum absolute atomic E-state index is 13.0. The fourth-order valence-corrected chi connectivity index (χ4v) is 4.84. The van der Waals surface area contributed by atoms with Crippen LogP contribution in [0.4, 0.5) is 18.9 Å². The summed E-state index contributed by atoms with van der Waals surface area (Å²) in [6.07, 6.45) is -1.70. The van der Waals surface area contributed by atoms with Gasteiger partial charge >= 0.3 is 6.18 Å². The lowest BCUT2D eigenvalue weighted by Crippen LogP contribution is -2.50. The maximum Gasteiger partial charge on any atom is 0.401 e. The van der Waals surface area contributed by atoms with Gasteiger partial charge in [-0.15, -0.1) is 0 Å². The van der Waals surface area contributed by atoms with Gasteiger partial charge in [0.1, 0.15) is 0 Å².